The summed E-state index contributed by atoms with van der Waals surface area (Å²) in [5, 5.41) is 6.49. The third-order valence-electron chi connectivity index (χ3n) is 6.20. The second kappa shape index (κ2) is 8.48. The molecule has 8 heteroatoms. The zero-order valence-electron chi connectivity index (χ0n) is 19.2. The van der Waals surface area contributed by atoms with E-state index < -0.39 is 5.60 Å². The van der Waals surface area contributed by atoms with Crippen molar-refractivity contribution in [2.75, 3.05) is 18.0 Å². The van der Waals surface area contributed by atoms with Gasteiger partial charge in [0.2, 0.25) is 11.8 Å². The van der Waals surface area contributed by atoms with Crippen molar-refractivity contribution in [2.24, 2.45) is 7.05 Å². The number of aryl methyl sites for hydroxylation is 1. The van der Waals surface area contributed by atoms with Gasteiger partial charge in [-0.05, 0) is 57.7 Å². The maximum Gasteiger partial charge on any atom is 0.407 e. The summed E-state index contributed by atoms with van der Waals surface area (Å²) in [6, 6.07) is 6.44. The summed E-state index contributed by atoms with van der Waals surface area (Å²) in [5.74, 6) is -0.701. The number of fused-ring (bicyclic) bond motifs is 1. The number of imide groups is 1. The normalized spacial score (nSPS) is 20.4. The fourth-order valence-corrected chi connectivity index (χ4v) is 4.62. The quantitative estimate of drug-likeness (QED) is 0.715. The summed E-state index contributed by atoms with van der Waals surface area (Å²) in [6.45, 7) is 7.27. The fraction of sp³-hybridized carbons (Fsp3) is 0.542. The van der Waals surface area contributed by atoms with E-state index in [2.05, 4.69) is 38.3 Å². The number of nitrogens with one attached hydrogen (secondary N) is 2. The Labute approximate surface area is 188 Å². The molecule has 1 aromatic carbocycles. The first kappa shape index (κ1) is 22.2. The van der Waals surface area contributed by atoms with Crippen LogP contribution in [0.4, 0.5) is 10.5 Å². The molecular formula is C24H32N4O4. The van der Waals surface area contributed by atoms with Gasteiger partial charge in [0.25, 0.3) is 0 Å². The molecule has 1 aromatic heterocycles. The monoisotopic (exact) mass is 440 g/mol. The SMILES string of the molecule is Cn1cc(C2CCC(=O)NC2=O)c2ccc(N3CCC(NC(=O)OC(C)(C)C)CC3)cc21. The molecule has 8 nitrogen and oxygen atoms in total. The van der Waals surface area contributed by atoms with Crippen LogP contribution in [0.3, 0.4) is 0 Å². The molecule has 0 spiro atoms. The maximum absolute atomic E-state index is 12.4. The number of alkyl carbamates (subject to hydrolysis) is 1. The number of aromatic nitrogens is 1. The van der Waals surface area contributed by atoms with Crippen LogP contribution in [0, 0.1) is 0 Å². The van der Waals surface area contributed by atoms with Gasteiger partial charge in [0.15, 0.2) is 0 Å². The summed E-state index contributed by atoms with van der Waals surface area (Å²) in [6.07, 6.45) is 4.27. The number of hydrogen-bond acceptors (Lipinski definition) is 5. The zero-order valence-corrected chi connectivity index (χ0v) is 19.2. The number of nitrogens with zero attached hydrogens (tertiary/aromatic N) is 2. The molecule has 0 saturated carbocycles. The first-order chi connectivity index (χ1) is 15.1. The molecule has 1 unspecified atom stereocenters. The number of carbonyl (C=O) groups excluding carboxylic acids is 3. The van der Waals surface area contributed by atoms with Gasteiger partial charge < -0.3 is 19.5 Å². The van der Waals surface area contributed by atoms with Crippen LogP contribution in [0.15, 0.2) is 24.4 Å². The van der Waals surface area contributed by atoms with Crippen molar-refractivity contribution in [1.82, 2.24) is 15.2 Å². The predicted molar refractivity (Wildman–Crippen MR) is 123 cm³/mol. The van der Waals surface area contributed by atoms with Crippen LogP contribution < -0.4 is 15.5 Å². The van der Waals surface area contributed by atoms with Gasteiger partial charge in [0.1, 0.15) is 5.60 Å². The van der Waals surface area contributed by atoms with Crippen LogP contribution in [0.1, 0.15) is 57.9 Å². The Morgan fingerprint density at radius 2 is 1.88 bits per heavy atom. The van der Waals surface area contributed by atoms with Crippen LogP contribution in [0.5, 0.6) is 0 Å². The van der Waals surface area contributed by atoms with Gasteiger partial charge in [-0.1, -0.05) is 6.07 Å². The topological polar surface area (TPSA) is 92.7 Å². The standard InChI is InChI=1S/C24H32N4O4/c1-24(2,3)32-23(31)25-15-9-11-28(12-10-15)16-5-6-17-19(14-27(4)20(17)13-16)18-7-8-21(29)26-22(18)30/h5-6,13-15,18H,7-12H2,1-4H3,(H,25,31)(H,26,29,30). The lowest BCUT2D eigenvalue weighted by Gasteiger charge is -2.34. The highest BCUT2D eigenvalue weighted by Gasteiger charge is 2.30. The van der Waals surface area contributed by atoms with Crippen LogP contribution in [0.2, 0.25) is 0 Å². The lowest BCUT2D eigenvalue weighted by atomic mass is 9.90. The zero-order chi connectivity index (χ0) is 23.0. The minimum atomic E-state index is -0.498. The third-order valence-corrected chi connectivity index (χ3v) is 6.20. The molecule has 2 fully saturated rings. The van der Waals surface area contributed by atoms with E-state index in [1.165, 1.54) is 0 Å². The molecule has 2 aliphatic rings. The molecule has 2 saturated heterocycles. The lowest BCUT2D eigenvalue weighted by molar-refractivity contribution is -0.134. The molecule has 4 rings (SSSR count). The summed E-state index contributed by atoms with van der Waals surface area (Å²) in [4.78, 5) is 38.2. The minimum Gasteiger partial charge on any atom is -0.444 e. The van der Waals surface area contributed by atoms with Crippen LogP contribution in [-0.2, 0) is 21.4 Å². The van der Waals surface area contributed by atoms with Crippen LogP contribution in [-0.4, -0.2) is 47.2 Å². The Kier molecular flexibility index (Phi) is 5.88. The summed E-state index contributed by atoms with van der Waals surface area (Å²) >= 11 is 0. The van der Waals surface area contributed by atoms with Crippen molar-refractivity contribution in [1.29, 1.82) is 0 Å². The molecule has 0 radical (unpaired) electrons. The highest BCUT2D eigenvalue weighted by atomic mass is 16.6. The number of benzene rings is 1. The van der Waals surface area contributed by atoms with E-state index in [0.717, 1.165) is 48.1 Å². The summed E-state index contributed by atoms with van der Waals surface area (Å²) < 4.78 is 7.42. The Morgan fingerprint density at radius 3 is 2.53 bits per heavy atom. The number of piperidine rings is 2. The second-order valence-corrected chi connectivity index (χ2v) is 9.81. The maximum atomic E-state index is 12.4. The largest absolute Gasteiger partial charge is 0.444 e. The highest BCUT2D eigenvalue weighted by Crippen LogP contribution is 2.34. The Balaban J connectivity index is 1.44. The third kappa shape index (κ3) is 4.74. The highest BCUT2D eigenvalue weighted by molar-refractivity contribution is 6.03. The van der Waals surface area contributed by atoms with Crippen molar-refractivity contribution in [2.45, 2.75) is 64.0 Å². The van der Waals surface area contributed by atoms with Gasteiger partial charge in [-0.2, -0.15) is 0 Å². The molecule has 1 atom stereocenters. The van der Waals surface area contributed by atoms with Crippen LogP contribution in [0.25, 0.3) is 10.9 Å². The number of anilines is 1. The molecule has 3 amide bonds. The average Bonchev–Trinajstić information content (AvgIpc) is 3.03. The first-order valence-corrected chi connectivity index (χ1v) is 11.3. The van der Waals surface area contributed by atoms with E-state index in [9.17, 15) is 14.4 Å². The van der Waals surface area contributed by atoms with Gasteiger partial charge in [0.05, 0.1) is 11.4 Å². The first-order valence-electron chi connectivity index (χ1n) is 11.3. The molecule has 3 heterocycles. The average molecular weight is 441 g/mol. The van der Waals surface area contributed by atoms with Gasteiger partial charge in [-0.3, -0.25) is 14.9 Å². The van der Waals surface area contributed by atoms with E-state index in [0.29, 0.717) is 12.8 Å². The van der Waals surface area contributed by atoms with Crippen LogP contribution >= 0.6 is 0 Å². The summed E-state index contributed by atoms with van der Waals surface area (Å²) in [7, 11) is 1.98. The smallest absolute Gasteiger partial charge is 0.407 e. The van der Waals surface area contributed by atoms with E-state index in [1.807, 2.05) is 34.0 Å². The van der Waals surface area contributed by atoms with Gasteiger partial charge in [0, 0.05) is 49.9 Å². The van der Waals surface area contributed by atoms with E-state index in [-0.39, 0.29) is 29.9 Å². The number of rotatable bonds is 3. The molecule has 32 heavy (non-hydrogen) atoms. The minimum absolute atomic E-state index is 0.110. The Morgan fingerprint density at radius 1 is 1.16 bits per heavy atom. The lowest BCUT2D eigenvalue weighted by Crippen LogP contribution is -2.46. The van der Waals surface area contributed by atoms with Gasteiger partial charge in [-0.25, -0.2) is 4.79 Å². The molecule has 0 bridgehead atoms. The molecule has 2 aromatic rings. The molecule has 2 N–H and O–H groups in total. The Bertz CT molecular complexity index is 1040. The number of ether oxygens (including phenoxy) is 1. The predicted octanol–water partition coefficient (Wildman–Crippen LogP) is 3.19. The number of hydrogen-bond donors (Lipinski definition) is 2. The van der Waals surface area contributed by atoms with E-state index in [1.54, 1.807) is 0 Å². The van der Waals surface area contributed by atoms with E-state index >= 15 is 0 Å². The molecule has 172 valence electrons. The van der Waals surface area contributed by atoms with Gasteiger partial charge >= 0.3 is 6.09 Å². The van der Waals surface area contributed by atoms with Crippen molar-refractivity contribution in [3.8, 4) is 0 Å². The van der Waals surface area contributed by atoms with E-state index in [4.69, 9.17) is 4.74 Å². The molecule has 0 aliphatic carbocycles. The molecular weight excluding hydrogens is 408 g/mol. The van der Waals surface area contributed by atoms with Crippen molar-refractivity contribution in [3.63, 3.8) is 0 Å². The summed E-state index contributed by atoms with van der Waals surface area (Å²) in [5.41, 5.74) is 2.67. The molecule has 2 aliphatic heterocycles. The second-order valence-electron chi connectivity index (χ2n) is 9.81. The van der Waals surface area contributed by atoms with Crippen molar-refractivity contribution >= 4 is 34.5 Å². The van der Waals surface area contributed by atoms with Crippen molar-refractivity contribution in [3.05, 3.63) is 30.0 Å². The Hall–Kier alpha value is -3.03. The van der Waals surface area contributed by atoms with Crippen molar-refractivity contribution < 1.29 is 19.1 Å². The number of carbonyl (C=O) groups is 3. The fourth-order valence-electron chi connectivity index (χ4n) is 4.62. The van der Waals surface area contributed by atoms with Gasteiger partial charge in [-0.15, -0.1) is 0 Å². The number of amides is 3.